The van der Waals surface area contributed by atoms with E-state index >= 15 is 0 Å². The number of hydrazine groups is 1. The summed E-state index contributed by atoms with van der Waals surface area (Å²) in [5.41, 5.74) is 15.0. The van der Waals surface area contributed by atoms with Crippen LogP contribution in [0.2, 0.25) is 0 Å². The Hall–Kier alpha value is -1.10. The zero-order valence-electron chi connectivity index (χ0n) is 11.4. The molecule has 1 heterocycles. The number of hydrogen-bond donors (Lipinski definition) is 3. The van der Waals surface area contributed by atoms with Gasteiger partial charge in [-0.3, -0.25) is 5.43 Å². The summed E-state index contributed by atoms with van der Waals surface area (Å²) in [4.78, 5) is 0. The molecule has 4 nitrogen and oxygen atoms in total. The maximum Gasteiger partial charge on any atom is 0.121 e. The second kappa shape index (κ2) is 5.69. The highest BCUT2D eigenvalue weighted by atomic mass is 16.5. The molecule has 100 valence electrons. The van der Waals surface area contributed by atoms with Crippen LogP contribution in [0.15, 0.2) is 18.2 Å². The van der Waals surface area contributed by atoms with Crippen LogP contribution in [0.4, 0.5) is 0 Å². The van der Waals surface area contributed by atoms with Crippen molar-refractivity contribution < 1.29 is 4.74 Å². The Morgan fingerprint density at radius 3 is 2.72 bits per heavy atom. The summed E-state index contributed by atoms with van der Waals surface area (Å²) in [6, 6.07) is 6.73. The van der Waals surface area contributed by atoms with Crippen molar-refractivity contribution in [1.82, 2.24) is 10.9 Å². The predicted octanol–water partition coefficient (Wildman–Crippen LogP) is 1.65. The largest absolute Gasteiger partial charge is 0.496 e. The maximum absolute atomic E-state index is 6.15. The first-order valence-electron chi connectivity index (χ1n) is 6.58. The minimum Gasteiger partial charge on any atom is -0.496 e. The molecule has 0 bridgehead atoms. The minimum atomic E-state index is -0.0330. The van der Waals surface area contributed by atoms with Crippen molar-refractivity contribution in [3.05, 3.63) is 29.3 Å². The van der Waals surface area contributed by atoms with Crippen LogP contribution in [0.25, 0.3) is 0 Å². The number of methoxy groups -OCH3 is 1. The number of benzene rings is 1. The molecule has 3 unspecified atom stereocenters. The molecule has 1 aliphatic heterocycles. The first kappa shape index (κ1) is 13.3. The Bertz CT molecular complexity index is 406. The van der Waals surface area contributed by atoms with E-state index in [1.807, 2.05) is 6.07 Å². The smallest absolute Gasteiger partial charge is 0.121 e. The van der Waals surface area contributed by atoms with Crippen molar-refractivity contribution in [1.29, 1.82) is 0 Å². The van der Waals surface area contributed by atoms with Gasteiger partial charge in [0, 0.05) is 12.0 Å². The Labute approximate surface area is 109 Å². The lowest BCUT2D eigenvalue weighted by molar-refractivity contribution is 0.411. The second-order valence-electron chi connectivity index (χ2n) is 4.96. The van der Waals surface area contributed by atoms with Gasteiger partial charge in [0.05, 0.1) is 13.3 Å². The third-order valence-electron chi connectivity index (χ3n) is 3.66. The van der Waals surface area contributed by atoms with E-state index in [2.05, 4.69) is 36.8 Å². The maximum atomic E-state index is 6.15. The van der Waals surface area contributed by atoms with Crippen LogP contribution >= 0.6 is 0 Å². The molecule has 1 aromatic carbocycles. The summed E-state index contributed by atoms with van der Waals surface area (Å²) >= 11 is 0. The fourth-order valence-corrected chi connectivity index (χ4v) is 2.74. The van der Waals surface area contributed by atoms with E-state index in [1.165, 1.54) is 5.56 Å². The molecule has 1 aliphatic rings. The van der Waals surface area contributed by atoms with E-state index in [0.29, 0.717) is 12.0 Å². The van der Waals surface area contributed by atoms with Crippen LogP contribution in [0.5, 0.6) is 5.75 Å². The van der Waals surface area contributed by atoms with Crippen molar-refractivity contribution in [2.45, 2.75) is 44.8 Å². The summed E-state index contributed by atoms with van der Waals surface area (Å²) in [6.07, 6.45) is 2.24. The quantitative estimate of drug-likeness (QED) is 0.759. The molecule has 0 aromatic heterocycles. The van der Waals surface area contributed by atoms with Gasteiger partial charge in [-0.25, -0.2) is 5.43 Å². The zero-order chi connectivity index (χ0) is 13.1. The van der Waals surface area contributed by atoms with Crippen LogP contribution in [0.3, 0.4) is 0 Å². The fourth-order valence-electron chi connectivity index (χ4n) is 2.74. The summed E-state index contributed by atoms with van der Waals surface area (Å²) in [5.74, 6) is 1.24. The molecule has 1 fully saturated rings. The molecule has 0 radical (unpaired) electrons. The van der Waals surface area contributed by atoms with Crippen molar-refractivity contribution in [3.63, 3.8) is 0 Å². The highest BCUT2D eigenvalue weighted by molar-refractivity contribution is 5.38. The lowest BCUT2D eigenvalue weighted by Crippen LogP contribution is -2.38. The second-order valence-corrected chi connectivity index (χ2v) is 4.96. The minimum absolute atomic E-state index is 0.0330. The normalized spacial score (nSPS) is 27.4. The van der Waals surface area contributed by atoms with E-state index in [-0.39, 0.29) is 6.17 Å². The van der Waals surface area contributed by atoms with Crippen molar-refractivity contribution in [3.8, 4) is 5.75 Å². The van der Waals surface area contributed by atoms with E-state index < -0.39 is 0 Å². The average molecular weight is 249 g/mol. The number of nitrogens with two attached hydrogens (primary N) is 1. The first-order chi connectivity index (χ1) is 8.67. The monoisotopic (exact) mass is 249 g/mol. The van der Waals surface area contributed by atoms with Crippen molar-refractivity contribution in [2.75, 3.05) is 7.11 Å². The summed E-state index contributed by atoms with van der Waals surface area (Å²) in [6.45, 7) is 4.26. The van der Waals surface area contributed by atoms with E-state index in [4.69, 9.17) is 10.5 Å². The van der Waals surface area contributed by atoms with Crippen molar-refractivity contribution >= 4 is 0 Å². The van der Waals surface area contributed by atoms with Gasteiger partial charge in [-0.05, 0) is 30.5 Å². The molecular weight excluding hydrogens is 226 g/mol. The van der Waals surface area contributed by atoms with E-state index in [1.54, 1.807) is 7.11 Å². The third-order valence-corrected chi connectivity index (χ3v) is 3.66. The Balaban J connectivity index is 2.25. The molecule has 0 saturated carbocycles. The lowest BCUT2D eigenvalue weighted by atomic mass is 9.87. The lowest BCUT2D eigenvalue weighted by Gasteiger charge is -2.21. The van der Waals surface area contributed by atoms with Crippen LogP contribution in [-0.2, 0) is 0 Å². The van der Waals surface area contributed by atoms with Crippen molar-refractivity contribution in [2.24, 2.45) is 5.73 Å². The molecule has 2 rings (SSSR count). The third kappa shape index (κ3) is 2.51. The summed E-state index contributed by atoms with van der Waals surface area (Å²) in [7, 11) is 1.70. The Kier molecular flexibility index (Phi) is 4.22. The van der Waals surface area contributed by atoms with Crippen LogP contribution in [-0.4, -0.2) is 19.3 Å². The van der Waals surface area contributed by atoms with Gasteiger partial charge in [-0.1, -0.05) is 25.5 Å². The zero-order valence-corrected chi connectivity index (χ0v) is 11.4. The van der Waals surface area contributed by atoms with Crippen LogP contribution in [0, 0.1) is 6.92 Å². The molecule has 0 spiro atoms. The van der Waals surface area contributed by atoms with Gasteiger partial charge in [0.25, 0.3) is 0 Å². The summed E-state index contributed by atoms with van der Waals surface area (Å²) in [5, 5.41) is 0. The van der Waals surface area contributed by atoms with Crippen LogP contribution < -0.4 is 21.3 Å². The molecule has 1 aromatic rings. The number of hydrogen-bond acceptors (Lipinski definition) is 4. The number of ether oxygens (including phenoxy) is 1. The highest BCUT2D eigenvalue weighted by Crippen LogP contribution is 2.30. The van der Waals surface area contributed by atoms with Crippen LogP contribution in [0.1, 0.15) is 36.8 Å². The van der Waals surface area contributed by atoms with Gasteiger partial charge >= 0.3 is 0 Å². The first-order valence-corrected chi connectivity index (χ1v) is 6.58. The van der Waals surface area contributed by atoms with E-state index in [9.17, 15) is 0 Å². The average Bonchev–Trinajstić information content (AvgIpc) is 2.71. The number of rotatable bonds is 4. The molecular formula is C14H23N3O. The molecule has 1 saturated heterocycles. The molecule has 0 aliphatic carbocycles. The highest BCUT2D eigenvalue weighted by Gasteiger charge is 2.34. The molecule has 4 heteroatoms. The molecule has 4 N–H and O–H groups in total. The van der Waals surface area contributed by atoms with Gasteiger partial charge < -0.3 is 10.5 Å². The standard InChI is InChI=1S/C14H23N3O/c1-4-5-11-13(14(15)17-16-11)10-6-7-12(18-3)9(2)8-10/h6-8,11,13-14,16-17H,4-5,15H2,1-3H3. The van der Waals surface area contributed by atoms with Gasteiger partial charge in [0.1, 0.15) is 5.75 Å². The topological polar surface area (TPSA) is 59.3 Å². The SMILES string of the molecule is CCCC1NNC(N)C1c1ccc(OC)c(C)c1. The molecule has 3 atom stereocenters. The number of nitrogens with one attached hydrogen (secondary N) is 2. The number of aryl methyl sites for hydroxylation is 1. The Morgan fingerprint density at radius 1 is 1.33 bits per heavy atom. The molecule has 0 amide bonds. The van der Waals surface area contributed by atoms with Gasteiger partial charge in [-0.15, -0.1) is 0 Å². The Morgan fingerprint density at radius 2 is 2.11 bits per heavy atom. The summed E-state index contributed by atoms with van der Waals surface area (Å²) < 4.78 is 5.30. The van der Waals surface area contributed by atoms with Gasteiger partial charge in [0.15, 0.2) is 0 Å². The van der Waals surface area contributed by atoms with Gasteiger partial charge in [-0.2, -0.15) is 0 Å². The predicted molar refractivity (Wildman–Crippen MR) is 73.4 cm³/mol. The molecule has 18 heavy (non-hydrogen) atoms. The van der Waals surface area contributed by atoms with E-state index in [0.717, 1.165) is 24.2 Å². The fraction of sp³-hybridized carbons (Fsp3) is 0.571. The van der Waals surface area contributed by atoms with Gasteiger partial charge in [0.2, 0.25) is 0 Å².